The summed E-state index contributed by atoms with van der Waals surface area (Å²) in [6.07, 6.45) is 5.28. The molecule has 0 saturated carbocycles. The normalized spacial score (nSPS) is 19.3. The van der Waals surface area contributed by atoms with Gasteiger partial charge in [0.1, 0.15) is 11.6 Å². The van der Waals surface area contributed by atoms with Crippen molar-refractivity contribution >= 4 is 11.7 Å². The minimum absolute atomic E-state index is 0.0547. The SMILES string of the molecule is CC(=O)NCCC1CCCN(c2ccnc(C)n2)C1. The van der Waals surface area contributed by atoms with Gasteiger partial charge in [-0.1, -0.05) is 0 Å². The van der Waals surface area contributed by atoms with E-state index in [1.54, 1.807) is 6.92 Å². The summed E-state index contributed by atoms with van der Waals surface area (Å²) in [6, 6.07) is 1.98. The maximum Gasteiger partial charge on any atom is 0.216 e. The highest BCUT2D eigenvalue weighted by atomic mass is 16.1. The molecule has 1 atom stereocenters. The van der Waals surface area contributed by atoms with Gasteiger partial charge in [0.2, 0.25) is 5.91 Å². The minimum Gasteiger partial charge on any atom is -0.356 e. The lowest BCUT2D eigenvalue weighted by atomic mass is 9.95. The number of aromatic nitrogens is 2. The zero-order chi connectivity index (χ0) is 13.7. The lowest BCUT2D eigenvalue weighted by molar-refractivity contribution is -0.119. The van der Waals surface area contributed by atoms with Crippen molar-refractivity contribution in [1.29, 1.82) is 0 Å². The Hall–Kier alpha value is -1.65. The van der Waals surface area contributed by atoms with Crippen molar-refractivity contribution in [3.63, 3.8) is 0 Å². The molecule has 0 radical (unpaired) electrons. The van der Waals surface area contributed by atoms with E-state index in [0.29, 0.717) is 5.92 Å². The van der Waals surface area contributed by atoms with Gasteiger partial charge in [0.05, 0.1) is 0 Å². The predicted molar refractivity (Wildman–Crippen MR) is 75.0 cm³/mol. The fourth-order valence-electron chi connectivity index (χ4n) is 2.58. The Morgan fingerprint density at radius 2 is 2.42 bits per heavy atom. The van der Waals surface area contributed by atoms with Crippen LogP contribution >= 0.6 is 0 Å². The molecule has 2 heterocycles. The largest absolute Gasteiger partial charge is 0.356 e. The van der Waals surface area contributed by atoms with Crippen LogP contribution in [0.5, 0.6) is 0 Å². The summed E-state index contributed by atoms with van der Waals surface area (Å²) in [5, 5.41) is 2.87. The van der Waals surface area contributed by atoms with E-state index in [4.69, 9.17) is 0 Å². The molecular formula is C14H22N4O. The van der Waals surface area contributed by atoms with Gasteiger partial charge in [0, 0.05) is 32.8 Å². The molecule has 0 spiro atoms. The van der Waals surface area contributed by atoms with Crippen molar-refractivity contribution in [1.82, 2.24) is 15.3 Å². The van der Waals surface area contributed by atoms with Crippen molar-refractivity contribution in [2.75, 3.05) is 24.5 Å². The van der Waals surface area contributed by atoms with Gasteiger partial charge < -0.3 is 10.2 Å². The summed E-state index contributed by atoms with van der Waals surface area (Å²) in [5.41, 5.74) is 0. The maximum absolute atomic E-state index is 10.9. The molecular weight excluding hydrogens is 240 g/mol. The first kappa shape index (κ1) is 13.8. The summed E-state index contributed by atoms with van der Waals surface area (Å²) < 4.78 is 0. The van der Waals surface area contributed by atoms with E-state index < -0.39 is 0 Å². The van der Waals surface area contributed by atoms with E-state index in [1.807, 2.05) is 19.2 Å². The summed E-state index contributed by atoms with van der Waals surface area (Å²) in [6.45, 7) is 6.35. The van der Waals surface area contributed by atoms with Crippen LogP contribution in [-0.2, 0) is 4.79 Å². The van der Waals surface area contributed by atoms with E-state index in [-0.39, 0.29) is 5.91 Å². The van der Waals surface area contributed by atoms with E-state index in [0.717, 1.165) is 37.7 Å². The number of nitrogens with zero attached hydrogens (tertiary/aromatic N) is 3. The first-order chi connectivity index (χ1) is 9.15. The minimum atomic E-state index is 0.0547. The topological polar surface area (TPSA) is 58.1 Å². The van der Waals surface area contributed by atoms with Gasteiger partial charge in [0.15, 0.2) is 0 Å². The second-order valence-corrected chi connectivity index (χ2v) is 5.19. The number of amides is 1. The monoisotopic (exact) mass is 262 g/mol. The van der Waals surface area contributed by atoms with Crippen LogP contribution in [0.15, 0.2) is 12.3 Å². The first-order valence-corrected chi connectivity index (χ1v) is 6.94. The van der Waals surface area contributed by atoms with Crippen molar-refractivity contribution in [3.05, 3.63) is 18.1 Å². The third-order valence-electron chi connectivity index (χ3n) is 3.53. The number of hydrogen-bond acceptors (Lipinski definition) is 4. The summed E-state index contributed by atoms with van der Waals surface area (Å²) in [5.74, 6) is 2.53. The molecule has 1 fully saturated rings. The van der Waals surface area contributed by atoms with Crippen molar-refractivity contribution in [2.24, 2.45) is 5.92 Å². The van der Waals surface area contributed by atoms with E-state index in [2.05, 4.69) is 20.2 Å². The quantitative estimate of drug-likeness (QED) is 0.894. The smallest absolute Gasteiger partial charge is 0.216 e. The molecule has 1 aliphatic heterocycles. The number of aryl methyl sites for hydroxylation is 1. The molecule has 104 valence electrons. The Balaban J connectivity index is 1.88. The Morgan fingerprint density at radius 3 is 3.16 bits per heavy atom. The zero-order valence-electron chi connectivity index (χ0n) is 11.7. The van der Waals surface area contributed by atoms with Gasteiger partial charge in [-0.3, -0.25) is 4.79 Å². The van der Waals surface area contributed by atoms with Crippen LogP contribution < -0.4 is 10.2 Å². The third-order valence-corrected chi connectivity index (χ3v) is 3.53. The van der Waals surface area contributed by atoms with Gasteiger partial charge >= 0.3 is 0 Å². The molecule has 0 aliphatic carbocycles. The van der Waals surface area contributed by atoms with E-state index >= 15 is 0 Å². The Labute approximate surface area is 114 Å². The van der Waals surface area contributed by atoms with Crippen LogP contribution in [-0.4, -0.2) is 35.5 Å². The second kappa shape index (κ2) is 6.50. The molecule has 5 nitrogen and oxygen atoms in total. The molecule has 19 heavy (non-hydrogen) atoms. The van der Waals surface area contributed by atoms with Crippen molar-refractivity contribution in [3.8, 4) is 0 Å². The zero-order valence-corrected chi connectivity index (χ0v) is 11.7. The standard InChI is InChI=1S/C14H22N4O/c1-11-15-8-6-14(17-11)18-9-3-4-13(10-18)5-7-16-12(2)19/h6,8,13H,3-5,7,9-10H2,1-2H3,(H,16,19). The van der Waals surface area contributed by atoms with E-state index in [1.165, 1.54) is 12.8 Å². The van der Waals surface area contributed by atoms with Crippen molar-refractivity contribution < 1.29 is 4.79 Å². The Morgan fingerprint density at radius 1 is 1.58 bits per heavy atom. The highest BCUT2D eigenvalue weighted by Gasteiger charge is 2.20. The number of carbonyl (C=O) groups excluding carboxylic acids is 1. The summed E-state index contributed by atoms with van der Waals surface area (Å²) in [7, 11) is 0. The first-order valence-electron chi connectivity index (χ1n) is 6.94. The molecule has 1 N–H and O–H groups in total. The van der Waals surface area contributed by atoms with Gasteiger partial charge in [-0.05, 0) is 38.2 Å². The predicted octanol–water partition coefficient (Wildman–Crippen LogP) is 1.53. The fourth-order valence-corrected chi connectivity index (χ4v) is 2.58. The molecule has 0 bridgehead atoms. The van der Waals surface area contributed by atoms with Crippen LogP contribution in [0, 0.1) is 12.8 Å². The Bertz CT molecular complexity index is 435. The van der Waals surface area contributed by atoms with Crippen LogP contribution in [0.2, 0.25) is 0 Å². The summed E-state index contributed by atoms with van der Waals surface area (Å²) >= 11 is 0. The second-order valence-electron chi connectivity index (χ2n) is 5.19. The number of carbonyl (C=O) groups is 1. The van der Waals surface area contributed by atoms with Crippen LogP contribution in [0.4, 0.5) is 5.82 Å². The molecule has 1 amide bonds. The molecule has 1 aromatic heterocycles. The number of piperidine rings is 1. The molecule has 1 unspecified atom stereocenters. The number of rotatable bonds is 4. The fraction of sp³-hybridized carbons (Fsp3) is 0.643. The number of nitrogens with one attached hydrogen (secondary N) is 1. The lowest BCUT2D eigenvalue weighted by Gasteiger charge is -2.33. The molecule has 2 rings (SSSR count). The molecule has 1 saturated heterocycles. The highest BCUT2D eigenvalue weighted by Crippen LogP contribution is 2.23. The van der Waals surface area contributed by atoms with Gasteiger partial charge in [-0.2, -0.15) is 0 Å². The number of anilines is 1. The van der Waals surface area contributed by atoms with Gasteiger partial charge in [-0.25, -0.2) is 9.97 Å². The summed E-state index contributed by atoms with van der Waals surface area (Å²) in [4.78, 5) is 21.8. The maximum atomic E-state index is 10.9. The third kappa shape index (κ3) is 4.19. The van der Waals surface area contributed by atoms with Gasteiger partial charge in [-0.15, -0.1) is 0 Å². The van der Waals surface area contributed by atoms with Crippen LogP contribution in [0.1, 0.15) is 32.0 Å². The molecule has 1 aliphatic rings. The Kier molecular flexibility index (Phi) is 4.71. The average Bonchev–Trinajstić information content (AvgIpc) is 2.39. The molecule has 0 aromatic carbocycles. The van der Waals surface area contributed by atoms with E-state index in [9.17, 15) is 4.79 Å². The highest BCUT2D eigenvalue weighted by molar-refractivity contribution is 5.72. The van der Waals surface area contributed by atoms with Crippen molar-refractivity contribution in [2.45, 2.75) is 33.1 Å². The van der Waals surface area contributed by atoms with Crippen LogP contribution in [0.3, 0.4) is 0 Å². The average molecular weight is 262 g/mol. The van der Waals surface area contributed by atoms with Gasteiger partial charge in [0.25, 0.3) is 0 Å². The molecule has 5 heteroatoms. The molecule has 1 aromatic rings. The van der Waals surface area contributed by atoms with Crippen LogP contribution in [0.25, 0.3) is 0 Å². The lowest BCUT2D eigenvalue weighted by Crippen LogP contribution is -2.37. The number of hydrogen-bond donors (Lipinski definition) is 1.